The lowest BCUT2D eigenvalue weighted by Gasteiger charge is -2.36. The summed E-state index contributed by atoms with van der Waals surface area (Å²) in [4.78, 5) is 14.3. The van der Waals surface area contributed by atoms with Crippen molar-refractivity contribution in [3.63, 3.8) is 0 Å². The molecule has 162 valence electrons. The van der Waals surface area contributed by atoms with Crippen LogP contribution in [0.15, 0.2) is 54.6 Å². The second kappa shape index (κ2) is 9.98. The van der Waals surface area contributed by atoms with Gasteiger partial charge in [0.1, 0.15) is 11.9 Å². The smallest absolute Gasteiger partial charge is 0.390 e. The molecule has 1 heterocycles. The summed E-state index contributed by atoms with van der Waals surface area (Å²) in [6.45, 7) is 3.20. The quantitative estimate of drug-likeness (QED) is 0.700. The van der Waals surface area contributed by atoms with Crippen molar-refractivity contribution in [3.05, 3.63) is 65.7 Å². The molecule has 1 aliphatic rings. The highest BCUT2D eigenvalue weighted by atomic mass is 19.4. The molecule has 0 saturated carbocycles. The van der Waals surface area contributed by atoms with E-state index >= 15 is 0 Å². The van der Waals surface area contributed by atoms with E-state index in [9.17, 15) is 18.0 Å². The molecule has 4 nitrogen and oxygen atoms in total. The summed E-state index contributed by atoms with van der Waals surface area (Å²) in [5.41, 5.74) is 1.53. The van der Waals surface area contributed by atoms with E-state index in [1.165, 1.54) is 0 Å². The zero-order chi connectivity index (χ0) is 21.6. The Bertz CT molecular complexity index is 819. The van der Waals surface area contributed by atoms with Gasteiger partial charge in [-0.25, -0.2) is 0 Å². The number of nitrogens with one attached hydrogen (secondary N) is 1. The van der Waals surface area contributed by atoms with Gasteiger partial charge >= 0.3 is 6.18 Å². The summed E-state index contributed by atoms with van der Waals surface area (Å²) in [6.07, 6.45) is -3.69. The van der Waals surface area contributed by atoms with E-state index in [-0.39, 0.29) is 12.0 Å². The molecule has 1 saturated heterocycles. The van der Waals surface area contributed by atoms with Crippen LogP contribution in [-0.2, 0) is 6.54 Å². The van der Waals surface area contributed by atoms with Crippen LogP contribution in [-0.4, -0.2) is 42.2 Å². The standard InChI is InChI=1S/C23H27F3N2O2/c1-17(15-23(24,25)26)28-12-10-20(11-13-28)30-21-9-5-8-19(14-21)22(29)27-16-18-6-3-2-4-7-18/h2-9,14,17,20H,10-13,15-16H2,1H3,(H,27,29)/t17-/m0/s1. The molecule has 7 heteroatoms. The zero-order valence-electron chi connectivity index (χ0n) is 17.0. The summed E-state index contributed by atoms with van der Waals surface area (Å²) in [5, 5.41) is 2.89. The van der Waals surface area contributed by atoms with Crippen molar-refractivity contribution in [2.75, 3.05) is 13.1 Å². The Balaban J connectivity index is 1.49. The van der Waals surface area contributed by atoms with Crippen molar-refractivity contribution >= 4 is 5.91 Å². The van der Waals surface area contributed by atoms with Gasteiger partial charge in [0.2, 0.25) is 0 Å². The number of likely N-dealkylation sites (tertiary alicyclic amines) is 1. The number of ether oxygens (including phenoxy) is 1. The molecule has 30 heavy (non-hydrogen) atoms. The minimum Gasteiger partial charge on any atom is -0.490 e. The molecule has 0 bridgehead atoms. The summed E-state index contributed by atoms with van der Waals surface area (Å²) in [6, 6.07) is 16.1. The largest absolute Gasteiger partial charge is 0.490 e. The first-order chi connectivity index (χ1) is 14.3. The van der Waals surface area contributed by atoms with Gasteiger partial charge in [0, 0.05) is 31.2 Å². The zero-order valence-corrected chi connectivity index (χ0v) is 17.0. The third-order valence-electron chi connectivity index (χ3n) is 5.32. The van der Waals surface area contributed by atoms with Crippen molar-refractivity contribution < 1.29 is 22.7 Å². The molecule has 0 radical (unpaired) electrons. The van der Waals surface area contributed by atoms with Crippen molar-refractivity contribution in [2.45, 2.75) is 51.1 Å². The van der Waals surface area contributed by atoms with Crippen LogP contribution in [0.3, 0.4) is 0 Å². The van der Waals surface area contributed by atoms with Gasteiger partial charge in [0.25, 0.3) is 5.91 Å². The molecule has 1 atom stereocenters. The number of hydrogen-bond acceptors (Lipinski definition) is 3. The lowest BCUT2D eigenvalue weighted by atomic mass is 10.0. The molecule has 1 amide bonds. The van der Waals surface area contributed by atoms with Crippen LogP contribution in [0, 0.1) is 0 Å². The van der Waals surface area contributed by atoms with E-state index in [0.717, 1.165) is 5.56 Å². The second-order valence-corrected chi connectivity index (χ2v) is 7.72. The third-order valence-corrected chi connectivity index (χ3v) is 5.32. The van der Waals surface area contributed by atoms with E-state index < -0.39 is 18.6 Å². The lowest BCUT2D eigenvalue weighted by molar-refractivity contribution is -0.147. The van der Waals surface area contributed by atoms with E-state index in [4.69, 9.17) is 4.74 Å². The third kappa shape index (κ3) is 6.76. The minimum absolute atomic E-state index is 0.0676. The molecular formula is C23H27F3N2O2. The van der Waals surface area contributed by atoms with E-state index in [0.29, 0.717) is 43.8 Å². The van der Waals surface area contributed by atoms with Crippen LogP contribution in [0.4, 0.5) is 13.2 Å². The van der Waals surface area contributed by atoms with E-state index in [2.05, 4.69) is 5.32 Å². The van der Waals surface area contributed by atoms with Gasteiger partial charge in [-0.2, -0.15) is 13.2 Å². The SMILES string of the molecule is C[C@@H](CC(F)(F)F)N1CCC(Oc2cccc(C(=O)NCc3ccccc3)c2)CC1. The molecule has 1 fully saturated rings. The molecule has 0 aliphatic carbocycles. The highest BCUT2D eigenvalue weighted by Crippen LogP contribution is 2.27. The minimum atomic E-state index is -4.14. The van der Waals surface area contributed by atoms with E-state index in [1.807, 2.05) is 35.2 Å². The maximum atomic E-state index is 12.6. The molecule has 3 rings (SSSR count). The van der Waals surface area contributed by atoms with Crippen molar-refractivity contribution in [1.82, 2.24) is 10.2 Å². The fourth-order valence-corrected chi connectivity index (χ4v) is 3.68. The Morgan fingerprint density at radius 3 is 2.50 bits per heavy atom. The number of carbonyl (C=O) groups is 1. The van der Waals surface area contributed by atoms with Crippen LogP contribution in [0.5, 0.6) is 5.75 Å². The normalized spacial score (nSPS) is 16.8. The number of carbonyl (C=O) groups excluding carboxylic acids is 1. The number of halogens is 3. The molecule has 1 N–H and O–H groups in total. The number of rotatable bonds is 7. The van der Waals surface area contributed by atoms with Gasteiger partial charge in [-0.15, -0.1) is 0 Å². The molecule has 0 aromatic heterocycles. The summed E-state index contributed by atoms with van der Waals surface area (Å²) in [5.74, 6) is 0.421. The first-order valence-corrected chi connectivity index (χ1v) is 10.2. The Morgan fingerprint density at radius 1 is 1.13 bits per heavy atom. The first-order valence-electron chi connectivity index (χ1n) is 10.2. The average molecular weight is 420 g/mol. The van der Waals surface area contributed by atoms with Crippen molar-refractivity contribution in [1.29, 1.82) is 0 Å². The van der Waals surface area contributed by atoms with Crippen LogP contribution < -0.4 is 10.1 Å². The Labute approximate surface area is 175 Å². The highest BCUT2D eigenvalue weighted by molar-refractivity contribution is 5.94. The Morgan fingerprint density at radius 2 is 1.83 bits per heavy atom. The summed E-state index contributed by atoms with van der Waals surface area (Å²) < 4.78 is 43.8. The van der Waals surface area contributed by atoms with Crippen LogP contribution in [0.1, 0.15) is 42.1 Å². The van der Waals surface area contributed by atoms with Gasteiger partial charge in [0.05, 0.1) is 6.42 Å². The van der Waals surface area contributed by atoms with Gasteiger partial charge in [-0.05, 0) is 43.5 Å². The number of alkyl halides is 3. The molecule has 1 aliphatic heterocycles. The summed E-state index contributed by atoms with van der Waals surface area (Å²) >= 11 is 0. The molecule has 2 aromatic carbocycles. The van der Waals surface area contributed by atoms with Crippen molar-refractivity contribution in [2.24, 2.45) is 0 Å². The summed E-state index contributed by atoms with van der Waals surface area (Å²) in [7, 11) is 0. The maximum absolute atomic E-state index is 12.6. The molecule has 0 spiro atoms. The van der Waals surface area contributed by atoms with Gasteiger partial charge in [-0.1, -0.05) is 36.4 Å². The lowest BCUT2D eigenvalue weighted by Crippen LogP contribution is -2.44. The second-order valence-electron chi connectivity index (χ2n) is 7.72. The number of amides is 1. The van der Waals surface area contributed by atoms with Crippen LogP contribution in [0.2, 0.25) is 0 Å². The van der Waals surface area contributed by atoms with Gasteiger partial charge < -0.3 is 15.0 Å². The molecule has 2 aromatic rings. The Hall–Kier alpha value is -2.54. The molecular weight excluding hydrogens is 393 g/mol. The molecule has 0 unspecified atom stereocenters. The number of hydrogen-bond donors (Lipinski definition) is 1. The topological polar surface area (TPSA) is 41.6 Å². The predicted octanol–water partition coefficient (Wildman–Crippen LogP) is 4.80. The van der Waals surface area contributed by atoms with E-state index in [1.54, 1.807) is 31.2 Å². The van der Waals surface area contributed by atoms with Crippen molar-refractivity contribution in [3.8, 4) is 5.75 Å². The first kappa shape index (κ1) is 22.2. The number of nitrogens with zero attached hydrogens (tertiary/aromatic N) is 1. The monoisotopic (exact) mass is 420 g/mol. The fourth-order valence-electron chi connectivity index (χ4n) is 3.68. The fraction of sp³-hybridized carbons (Fsp3) is 0.435. The highest BCUT2D eigenvalue weighted by Gasteiger charge is 2.34. The Kier molecular flexibility index (Phi) is 7.37. The number of piperidine rings is 1. The van der Waals surface area contributed by atoms with Crippen LogP contribution in [0.25, 0.3) is 0 Å². The average Bonchev–Trinajstić information content (AvgIpc) is 2.72. The number of benzene rings is 2. The maximum Gasteiger partial charge on any atom is 0.390 e. The van der Waals surface area contributed by atoms with Gasteiger partial charge in [-0.3, -0.25) is 4.79 Å². The van der Waals surface area contributed by atoms with Gasteiger partial charge in [0.15, 0.2) is 0 Å². The predicted molar refractivity (Wildman–Crippen MR) is 109 cm³/mol. The van der Waals surface area contributed by atoms with Crippen LogP contribution >= 0.6 is 0 Å².